The Morgan fingerprint density at radius 2 is 2.16 bits per heavy atom. The summed E-state index contributed by atoms with van der Waals surface area (Å²) in [7, 11) is 1.71. The van der Waals surface area contributed by atoms with Gasteiger partial charge in [0.1, 0.15) is 0 Å². The zero-order chi connectivity index (χ0) is 14.0. The van der Waals surface area contributed by atoms with E-state index in [1.165, 1.54) is 6.20 Å². The maximum Gasteiger partial charge on any atom is 0.387 e. The fourth-order valence-electron chi connectivity index (χ4n) is 1.50. The first-order valence-electron chi connectivity index (χ1n) is 5.25. The quantitative estimate of drug-likeness (QED) is 0.839. The van der Waals surface area contributed by atoms with Crippen molar-refractivity contribution in [2.45, 2.75) is 6.61 Å². The van der Waals surface area contributed by atoms with E-state index in [9.17, 15) is 13.2 Å². The number of nitrogens with two attached hydrogens (primary N) is 1. The first kappa shape index (κ1) is 13.1. The van der Waals surface area contributed by atoms with Crippen molar-refractivity contribution in [3.63, 3.8) is 0 Å². The van der Waals surface area contributed by atoms with Crippen molar-refractivity contribution in [2.24, 2.45) is 7.05 Å². The summed E-state index contributed by atoms with van der Waals surface area (Å²) in [6.45, 7) is -3.11. The number of anilines is 3. The standard InChI is InChI=1S/C11H11F3N4O/c1-18-5-6(4-16-18)17-9-3-10(19-11(13)14)7(12)2-8(9)15/h2-5,11,17H,15H2,1H3. The molecule has 0 saturated heterocycles. The van der Waals surface area contributed by atoms with Gasteiger partial charge in [-0.25, -0.2) is 4.39 Å². The molecule has 0 saturated carbocycles. The van der Waals surface area contributed by atoms with E-state index in [4.69, 9.17) is 5.73 Å². The van der Waals surface area contributed by atoms with E-state index < -0.39 is 18.2 Å². The Labute approximate surface area is 106 Å². The highest BCUT2D eigenvalue weighted by Gasteiger charge is 2.13. The van der Waals surface area contributed by atoms with Crippen molar-refractivity contribution in [3.8, 4) is 5.75 Å². The molecule has 19 heavy (non-hydrogen) atoms. The summed E-state index contributed by atoms with van der Waals surface area (Å²) in [5.41, 5.74) is 6.52. The number of nitrogen functional groups attached to an aromatic ring is 1. The highest BCUT2D eigenvalue weighted by atomic mass is 19.3. The predicted molar refractivity (Wildman–Crippen MR) is 63.9 cm³/mol. The summed E-state index contributed by atoms with van der Waals surface area (Å²) in [6, 6.07) is 1.99. The van der Waals surface area contributed by atoms with E-state index >= 15 is 0 Å². The van der Waals surface area contributed by atoms with Crippen LogP contribution in [0.25, 0.3) is 0 Å². The smallest absolute Gasteiger partial charge is 0.387 e. The van der Waals surface area contributed by atoms with Gasteiger partial charge in [0.2, 0.25) is 0 Å². The van der Waals surface area contributed by atoms with Crippen LogP contribution in [0.15, 0.2) is 24.5 Å². The van der Waals surface area contributed by atoms with Crippen LogP contribution >= 0.6 is 0 Å². The molecular weight excluding hydrogens is 261 g/mol. The Morgan fingerprint density at radius 1 is 1.42 bits per heavy atom. The molecule has 0 radical (unpaired) electrons. The van der Waals surface area contributed by atoms with Gasteiger partial charge in [-0.1, -0.05) is 0 Å². The second-order valence-electron chi connectivity index (χ2n) is 3.78. The van der Waals surface area contributed by atoms with Gasteiger partial charge in [-0.2, -0.15) is 13.9 Å². The zero-order valence-electron chi connectivity index (χ0n) is 9.90. The molecule has 5 nitrogen and oxygen atoms in total. The van der Waals surface area contributed by atoms with E-state index in [1.807, 2.05) is 0 Å². The molecule has 0 unspecified atom stereocenters. The van der Waals surface area contributed by atoms with Crippen LogP contribution in [-0.4, -0.2) is 16.4 Å². The molecule has 1 aromatic carbocycles. The van der Waals surface area contributed by atoms with Gasteiger partial charge in [0, 0.05) is 25.4 Å². The molecule has 0 fully saturated rings. The van der Waals surface area contributed by atoms with Gasteiger partial charge in [-0.3, -0.25) is 4.68 Å². The van der Waals surface area contributed by atoms with Crippen molar-refractivity contribution in [3.05, 3.63) is 30.3 Å². The summed E-state index contributed by atoms with van der Waals surface area (Å²) >= 11 is 0. The third-order valence-electron chi connectivity index (χ3n) is 2.30. The number of rotatable bonds is 4. The topological polar surface area (TPSA) is 65.1 Å². The molecule has 0 spiro atoms. The third-order valence-corrected chi connectivity index (χ3v) is 2.30. The maximum absolute atomic E-state index is 13.4. The minimum absolute atomic E-state index is 0.0722. The SMILES string of the molecule is Cn1cc(Nc2cc(OC(F)F)c(F)cc2N)cn1. The van der Waals surface area contributed by atoms with Crippen LogP contribution in [0.4, 0.5) is 30.2 Å². The highest BCUT2D eigenvalue weighted by molar-refractivity contribution is 5.73. The average Bonchev–Trinajstić information content (AvgIpc) is 2.70. The highest BCUT2D eigenvalue weighted by Crippen LogP contribution is 2.31. The van der Waals surface area contributed by atoms with Gasteiger partial charge in [0.15, 0.2) is 11.6 Å². The Morgan fingerprint density at radius 3 is 2.74 bits per heavy atom. The van der Waals surface area contributed by atoms with Crippen molar-refractivity contribution < 1.29 is 17.9 Å². The summed E-state index contributed by atoms with van der Waals surface area (Å²) < 4.78 is 43.2. The lowest BCUT2D eigenvalue weighted by Crippen LogP contribution is -2.05. The Hall–Kier alpha value is -2.38. The molecule has 1 heterocycles. The molecule has 0 amide bonds. The predicted octanol–water partition coefficient (Wildman–Crippen LogP) is 2.49. The molecule has 2 aromatic rings. The largest absolute Gasteiger partial charge is 0.432 e. The number of halogens is 3. The fourth-order valence-corrected chi connectivity index (χ4v) is 1.50. The normalized spacial score (nSPS) is 10.8. The lowest BCUT2D eigenvalue weighted by atomic mass is 10.2. The van der Waals surface area contributed by atoms with Crippen LogP contribution in [0.3, 0.4) is 0 Å². The summed E-state index contributed by atoms with van der Waals surface area (Å²) in [6.07, 6.45) is 3.16. The molecule has 0 aliphatic rings. The Kier molecular flexibility index (Phi) is 3.50. The van der Waals surface area contributed by atoms with E-state index in [0.29, 0.717) is 5.69 Å². The lowest BCUT2D eigenvalue weighted by Gasteiger charge is -2.11. The second kappa shape index (κ2) is 5.09. The van der Waals surface area contributed by atoms with Crippen LogP contribution in [0, 0.1) is 5.82 Å². The van der Waals surface area contributed by atoms with Gasteiger partial charge in [0.25, 0.3) is 0 Å². The zero-order valence-corrected chi connectivity index (χ0v) is 9.90. The summed E-state index contributed by atoms with van der Waals surface area (Å²) in [5, 5.41) is 6.75. The number of alkyl halides is 2. The summed E-state index contributed by atoms with van der Waals surface area (Å²) in [4.78, 5) is 0. The van der Waals surface area contributed by atoms with Crippen LogP contribution in [0.1, 0.15) is 0 Å². The maximum atomic E-state index is 13.4. The average molecular weight is 272 g/mol. The first-order chi connectivity index (χ1) is 8.95. The molecule has 102 valence electrons. The monoisotopic (exact) mass is 272 g/mol. The summed E-state index contributed by atoms with van der Waals surface area (Å²) in [5.74, 6) is -1.52. The third kappa shape index (κ3) is 3.09. The number of hydrogen-bond acceptors (Lipinski definition) is 4. The van der Waals surface area contributed by atoms with Crippen LogP contribution < -0.4 is 15.8 Å². The number of nitrogens with one attached hydrogen (secondary N) is 1. The minimum atomic E-state index is -3.11. The number of hydrogen-bond donors (Lipinski definition) is 2. The van der Waals surface area contributed by atoms with Gasteiger partial charge >= 0.3 is 6.61 Å². The molecule has 3 N–H and O–H groups in total. The van der Waals surface area contributed by atoms with Crippen LogP contribution in [0.2, 0.25) is 0 Å². The van der Waals surface area contributed by atoms with Crippen LogP contribution in [-0.2, 0) is 7.05 Å². The Balaban J connectivity index is 2.29. The van der Waals surface area contributed by atoms with Crippen molar-refractivity contribution in [1.29, 1.82) is 0 Å². The van der Waals surface area contributed by atoms with Crippen LogP contribution in [0.5, 0.6) is 5.75 Å². The molecule has 0 aliphatic heterocycles. The second-order valence-corrected chi connectivity index (χ2v) is 3.78. The van der Waals surface area contributed by atoms with E-state index in [1.54, 1.807) is 17.9 Å². The number of nitrogens with zero attached hydrogens (tertiary/aromatic N) is 2. The van der Waals surface area contributed by atoms with Gasteiger partial charge < -0.3 is 15.8 Å². The first-order valence-corrected chi connectivity index (χ1v) is 5.25. The van der Waals surface area contributed by atoms with Gasteiger partial charge in [-0.15, -0.1) is 0 Å². The molecule has 1 aromatic heterocycles. The lowest BCUT2D eigenvalue weighted by molar-refractivity contribution is -0.0521. The number of ether oxygens (including phenoxy) is 1. The Bertz CT molecular complexity index is 585. The molecule has 0 atom stereocenters. The fraction of sp³-hybridized carbons (Fsp3) is 0.182. The van der Waals surface area contributed by atoms with Crippen molar-refractivity contribution in [1.82, 2.24) is 9.78 Å². The number of aryl methyl sites for hydroxylation is 1. The molecule has 0 aliphatic carbocycles. The molecule has 8 heteroatoms. The number of aromatic nitrogens is 2. The molecule has 0 bridgehead atoms. The van der Waals surface area contributed by atoms with E-state index in [0.717, 1.165) is 12.1 Å². The van der Waals surface area contributed by atoms with Crippen molar-refractivity contribution in [2.75, 3.05) is 11.1 Å². The number of benzene rings is 1. The molecule has 2 rings (SSSR count). The van der Waals surface area contributed by atoms with E-state index in [-0.39, 0.29) is 11.4 Å². The van der Waals surface area contributed by atoms with Gasteiger partial charge in [-0.05, 0) is 0 Å². The molecular formula is C11H11F3N4O. The van der Waals surface area contributed by atoms with Gasteiger partial charge in [0.05, 0.1) is 23.3 Å². The minimum Gasteiger partial charge on any atom is -0.432 e. The van der Waals surface area contributed by atoms with E-state index in [2.05, 4.69) is 15.2 Å². The van der Waals surface area contributed by atoms with Crippen molar-refractivity contribution >= 4 is 17.1 Å².